The van der Waals surface area contributed by atoms with Gasteiger partial charge in [0.15, 0.2) is 0 Å². The van der Waals surface area contributed by atoms with E-state index in [2.05, 4.69) is 35.9 Å². The SMILES string of the molecule is c1ccc2[nH]c(CNCCNCCNCc3nc4ccccc4[nH]3)nc2c1. The second-order valence-electron chi connectivity index (χ2n) is 6.50. The van der Waals surface area contributed by atoms with Gasteiger partial charge in [-0.1, -0.05) is 24.3 Å². The van der Waals surface area contributed by atoms with Crippen molar-refractivity contribution < 1.29 is 0 Å². The second kappa shape index (κ2) is 8.77. The van der Waals surface area contributed by atoms with Crippen LogP contribution in [0.15, 0.2) is 48.5 Å². The zero-order valence-electron chi connectivity index (χ0n) is 15.3. The van der Waals surface area contributed by atoms with Crippen molar-refractivity contribution in [2.45, 2.75) is 13.1 Å². The number of benzene rings is 2. The Bertz CT molecular complexity index is 842. The molecule has 2 aromatic carbocycles. The van der Waals surface area contributed by atoms with E-state index in [-0.39, 0.29) is 0 Å². The van der Waals surface area contributed by atoms with E-state index in [1.165, 1.54) is 0 Å². The molecule has 140 valence electrons. The fraction of sp³-hybridized carbons (Fsp3) is 0.300. The van der Waals surface area contributed by atoms with Crippen molar-refractivity contribution in [2.75, 3.05) is 26.2 Å². The number of nitrogens with one attached hydrogen (secondary N) is 5. The Morgan fingerprint density at radius 3 is 1.52 bits per heavy atom. The summed E-state index contributed by atoms with van der Waals surface area (Å²) in [5, 5.41) is 10.2. The standard InChI is InChI=1S/C20H25N7/c1-2-6-16-15(5-1)24-19(25-16)13-22-11-9-21-10-12-23-14-20-26-17-7-3-4-8-18(17)27-20/h1-8,21-23H,9-14H2,(H,24,25)(H,26,27). The summed E-state index contributed by atoms with van der Waals surface area (Å²) in [7, 11) is 0. The Morgan fingerprint density at radius 2 is 1.04 bits per heavy atom. The first-order valence-corrected chi connectivity index (χ1v) is 9.38. The van der Waals surface area contributed by atoms with E-state index < -0.39 is 0 Å². The lowest BCUT2D eigenvalue weighted by atomic mass is 10.3. The molecule has 0 bridgehead atoms. The molecule has 0 amide bonds. The van der Waals surface area contributed by atoms with Gasteiger partial charge in [-0.15, -0.1) is 0 Å². The van der Waals surface area contributed by atoms with Crippen molar-refractivity contribution in [1.82, 2.24) is 35.9 Å². The van der Waals surface area contributed by atoms with Gasteiger partial charge in [0.1, 0.15) is 11.6 Å². The molecule has 0 aliphatic carbocycles. The number of rotatable bonds is 10. The second-order valence-corrected chi connectivity index (χ2v) is 6.50. The maximum Gasteiger partial charge on any atom is 0.121 e. The molecule has 0 spiro atoms. The lowest BCUT2D eigenvalue weighted by Gasteiger charge is -2.06. The number of para-hydroxylation sites is 4. The predicted molar refractivity (Wildman–Crippen MR) is 108 cm³/mol. The van der Waals surface area contributed by atoms with Gasteiger partial charge in [0.25, 0.3) is 0 Å². The predicted octanol–water partition coefficient (Wildman–Crippen LogP) is 1.91. The highest BCUT2D eigenvalue weighted by Crippen LogP contribution is 2.10. The molecule has 7 heteroatoms. The smallest absolute Gasteiger partial charge is 0.121 e. The summed E-state index contributed by atoms with van der Waals surface area (Å²) in [4.78, 5) is 15.8. The quantitative estimate of drug-likeness (QED) is 0.278. The summed E-state index contributed by atoms with van der Waals surface area (Å²) in [5.74, 6) is 1.95. The van der Waals surface area contributed by atoms with Crippen LogP contribution in [0.3, 0.4) is 0 Å². The summed E-state index contributed by atoms with van der Waals surface area (Å²) in [6.07, 6.45) is 0. The first-order valence-electron chi connectivity index (χ1n) is 9.38. The molecule has 0 saturated carbocycles. The highest BCUT2D eigenvalue weighted by Gasteiger charge is 2.02. The Balaban J connectivity index is 1.06. The number of H-pyrrole nitrogens is 2. The zero-order valence-corrected chi connectivity index (χ0v) is 15.3. The molecule has 0 aliphatic heterocycles. The van der Waals surface area contributed by atoms with Gasteiger partial charge in [-0.3, -0.25) is 0 Å². The van der Waals surface area contributed by atoms with Gasteiger partial charge in [-0.2, -0.15) is 0 Å². The van der Waals surface area contributed by atoms with Crippen LogP contribution >= 0.6 is 0 Å². The van der Waals surface area contributed by atoms with Crippen LogP contribution in [0.5, 0.6) is 0 Å². The van der Waals surface area contributed by atoms with Crippen LogP contribution in [-0.4, -0.2) is 46.1 Å². The van der Waals surface area contributed by atoms with Crippen LogP contribution in [0.4, 0.5) is 0 Å². The van der Waals surface area contributed by atoms with Gasteiger partial charge in [0.2, 0.25) is 0 Å². The van der Waals surface area contributed by atoms with E-state index >= 15 is 0 Å². The first kappa shape index (κ1) is 17.7. The number of aromatic amines is 2. The van der Waals surface area contributed by atoms with E-state index in [1.54, 1.807) is 0 Å². The topological polar surface area (TPSA) is 93.5 Å². The van der Waals surface area contributed by atoms with Gasteiger partial charge in [0, 0.05) is 26.2 Å². The van der Waals surface area contributed by atoms with E-state index in [4.69, 9.17) is 0 Å². The van der Waals surface area contributed by atoms with E-state index in [9.17, 15) is 0 Å². The molecule has 0 fully saturated rings. The average Bonchev–Trinajstić information content (AvgIpc) is 3.29. The van der Waals surface area contributed by atoms with Crippen molar-refractivity contribution in [3.8, 4) is 0 Å². The summed E-state index contributed by atoms with van der Waals surface area (Å²) in [6.45, 7) is 5.15. The molecule has 0 aliphatic rings. The van der Waals surface area contributed by atoms with E-state index in [1.807, 2.05) is 48.5 Å². The maximum atomic E-state index is 4.56. The number of imidazole rings is 2. The molecule has 7 nitrogen and oxygen atoms in total. The van der Waals surface area contributed by atoms with Crippen molar-refractivity contribution in [3.63, 3.8) is 0 Å². The largest absolute Gasteiger partial charge is 0.341 e. The van der Waals surface area contributed by atoms with Crippen molar-refractivity contribution in [3.05, 3.63) is 60.2 Å². The monoisotopic (exact) mass is 363 g/mol. The average molecular weight is 363 g/mol. The van der Waals surface area contributed by atoms with Gasteiger partial charge in [0.05, 0.1) is 35.2 Å². The number of hydrogen-bond donors (Lipinski definition) is 5. The lowest BCUT2D eigenvalue weighted by Crippen LogP contribution is -2.32. The minimum absolute atomic E-state index is 0.751. The van der Waals surface area contributed by atoms with Crippen LogP contribution in [0.25, 0.3) is 22.1 Å². The molecule has 0 unspecified atom stereocenters. The summed E-state index contributed by atoms with van der Waals surface area (Å²) >= 11 is 0. The molecule has 4 rings (SSSR count). The van der Waals surface area contributed by atoms with Gasteiger partial charge < -0.3 is 25.9 Å². The van der Waals surface area contributed by atoms with E-state index in [0.29, 0.717) is 0 Å². The number of hydrogen-bond acceptors (Lipinski definition) is 5. The highest BCUT2D eigenvalue weighted by molar-refractivity contribution is 5.75. The van der Waals surface area contributed by atoms with Crippen LogP contribution in [0, 0.1) is 0 Å². The van der Waals surface area contributed by atoms with E-state index in [0.717, 1.165) is 73.0 Å². The fourth-order valence-electron chi connectivity index (χ4n) is 3.07. The Labute approximate surface area is 158 Å². The molecule has 27 heavy (non-hydrogen) atoms. The fourth-order valence-corrected chi connectivity index (χ4v) is 3.07. The third-order valence-corrected chi connectivity index (χ3v) is 4.42. The molecular weight excluding hydrogens is 338 g/mol. The number of aromatic nitrogens is 4. The molecule has 0 atom stereocenters. The Morgan fingerprint density at radius 1 is 0.593 bits per heavy atom. The van der Waals surface area contributed by atoms with Gasteiger partial charge in [-0.05, 0) is 24.3 Å². The normalized spacial score (nSPS) is 11.6. The first-order chi connectivity index (χ1) is 13.4. The van der Waals surface area contributed by atoms with Crippen LogP contribution in [-0.2, 0) is 13.1 Å². The molecule has 2 heterocycles. The Kier molecular flexibility index (Phi) is 5.73. The summed E-state index contributed by atoms with van der Waals surface area (Å²) in [5.41, 5.74) is 4.21. The minimum Gasteiger partial charge on any atom is -0.341 e. The molecule has 0 radical (unpaired) electrons. The maximum absolute atomic E-state index is 4.56. The summed E-state index contributed by atoms with van der Waals surface area (Å²) < 4.78 is 0. The zero-order chi connectivity index (χ0) is 18.3. The molecular formula is C20H25N7. The van der Waals surface area contributed by atoms with Crippen molar-refractivity contribution >= 4 is 22.1 Å². The minimum atomic E-state index is 0.751. The third-order valence-electron chi connectivity index (χ3n) is 4.42. The molecule has 2 aromatic heterocycles. The van der Waals surface area contributed by atoms with Crippen molar-refractivity contribution in [2.24, 2.45) is 0 Å². The Hall–Kier alpha value is -2.74. The van der Waals surface area contributed by atoms with Crippen LogP contribution in [0.2, 0.25) is 0 Å². The number of fused-ring (bicyclic) bond motifs is 2. The molecule has 4 aromatic rings. The van der Waals surface area contributed by atoms with Crippen LogP contribution in [0.1, 0.15) is 11.6 Å². The van der Waals surface area contributed by atoms with Gasteiger partial charge in [-0.25, -0.2) is 9.97 Å². The summed E-state index contributed by atoms with van der Waals surface area (Å²) in [6, 6.07) is 16.2. The molecule has 5 N–H and O–H groups in total. The molecule has 0 saturated heterocycles. The lowest BCUT2D eigenvalue weighted by molar-refractivity contribution is 0.572. The van der Waals surface area contributed by atoms with Crippen molar-refractivity contribution in [1.29, 1.82) is 0 Å². The number of nitrogens with zero attached hydrogens (tertiary/aromatic N) is 2. The third kappa shape index (κ3) is 4.71. The van der Waals surface area contributed by atoms with Gasteiger partial charge >= 0.3 is 0 Å². The highest BCUT2D eigenvalue weighted by atomic mass is 15.0. The van der Waals surface area contributed by atoms with Crippen LogP contribution < -0.4 is 16.0 Å².